The van der Waals surface area contributed by atoms with Crippen LogP contribution < -0.4 is 11.0 Å². The first-order chi connectivity index (χ1) is 8.72. The van der Waals surface area contributed by atoms with Crippen LogP contribution in [0.1, 0.15) is 45.6 Å². The van der Waals surface area contributed by atoms with Gasteiger partial charge >= 0.3 is 5.69 Å². The van der Waals surface area contributed by atoms with Gasteiger partial charge in [0.1, 0.15) is 0 Å². The summed E-state index contributed by atoms with van der Waals surface area (Å²) < 4.78 is 1.81. The van der Waals surface area contributed by atoms with E-state index in [9.17, 15) is 4.79 Å². The molecule has 102 valence electrons. The molecular formula is C12H22N4OS. The molecule has 1 unspecified atom stereocenters. The fraction of sp³-hybridized carbons (Fsp3) is 0.833. The molecule has 1 saturated carbocycles. The number of hydrogen-bond donors (Lipinski definition) is 2. The van der Waals surface area contributed by atoms with Gasteiger partial charge in [-0.25, -0.2) is 9.89 Å². The smallest absolute Gasteiger partial charge is 0.314 e. The standard InChI is InChI=1S/C12H22N4OS/c1-3-7-13-9(2)6-8-18-12-15-14-11(17)16(12)10-4-5-10/h9-10,13H,3-8H2,1-2H3,(H,14,17). The molecule has 1 aromatic heterocycles. The van der Waals surface area contributed by atoms with Gasteiger partial charge in [0.05, 0.1) is 0 Å². The fourth-order valence-corrected chi connectivity index (χ4v) is 3.00. The molecule has 1 heterocycles. The molecule has 1 aromatic rings. The molecule has 1 fully saturated rings. The summed E-state index contributed by atoms with van der Waals surface area (Å²) >= 11 is 1.68. The summed E-state index contributed by atoms with van der Waals surface area (Å²) in [7, 11) is 0. The first kappa shape index (κ1) is 13.7. The fourth-order valence-electron chi connectivity index (χ4n) is 1.87. The van der Waals surface area contributed by atoms with Crippen molar-refractivity contribution in [1.29, 1.82) is 0 Å². The average Bonchev–Trinajstić information content (AvgIpc) is 3.12. The first-order valence-corrected chi connectivity index (χ1v) is 7.74. The minimum absolute atomic E-state index is 0.0582. The van der Waals surface area contributed by atoms with Crippen LogP contribution in [0.15, 0.2) is 9.95 Å². The second kappa shape index (κ2) is 6.43. The lowest BCUT2D eigenvalue weighted by Crippen LogP contribution is -2.27. The van der Waals surface area contributed by atoms with Crippen molar-refractivity contribution in [3.63, 3.8) is 0 Å². The van der Waals surface area contributed by atoms with Crippen molar-refractivity contribution < 1.29 is 0 Å². The second-order valence-electron chi connectivity index (χ2n) is 4.90. The highest BCUT2D eigenvalue weighted by molar-refractivity contribution is 7.99. The van der Waals surface area contributed by atoms with Crippen LogP contribution in [-0.4, -0.2) is 33.1 Å². The number of nitrogens with zero attached hydrogens (tertiary/aromatic N) is 2. The zero-order valence-electron chi connectivity index (χ0n) is 11.1. The lowest BCUT2D eigenvalue weighted by atomic mass is 10.2. The summed E-state index contributed by atoms with van der Waals surface area (Å²) in [6.45, 7) is 5.45. The Morgan fingerprint density at radius 3 is 3.06 bits per heavy atom. The molecule has 0 saturated heterocycles. The summed E-state index contributed by atoms with van der Waals surface area (Å²) in [5, 5.41) is 11.0. The van der Waals surface area contributed by atoms with E-state index in [2.05, 4.69) is 29.4 Å². The molecule has 2 N–H and O–H groups in total. The zero-order chi connectivity index (χ0) is 13.0. The Morgan fingerprint density at radius 1 is 1.61 bits per heavy atom. The van der Waals surface area contributed by atoms with Gasteiger partial charge in [0.25, 0.3) is 0 Å². The van der Waals surface area contributed by atoms with Crippen LogP contribution in [0.3, 0.4) is 0 Å². The van der Waals surface area contributed by atoms with E-state index in [1.807, 2.05) is 4.57 Å². The van der Waals surface area contributed by atoms with Crippen LogP contribution in [0.5, 0.6) is 0 Å². The van der Waals surface area contributed by atoms with Crippen molar-refractivity contribution in [2.24, 2.45) is 0 Å². The highest BCUT2D eigenvalue weighted by atomic mass is 32.2. The number of aromatic nitrogens is 3. The van der Waals surface area contributed by atoms with Gasteiger partial charge in [-0.3, -0.25) is 4.57 Å². The van der Waals surface area contributed by atoms with Gasteiger partial charge < -0.3 is 5.32 Å². The van der Waals surface area contributed by atoms with E-state index in [1.165, 1.54) is 0 Å². The number of rotatable bonds is 8. The Bertz CT molecular complexity index is 424. The van der Waals surface area contributed by atoms with Gasteiger partial charge in [-0.1, -0.05) is 18.7 Å². The van der Waals surface area contributed by atoms with E-state index in [0.29, 0.717) is 12.1 Å². The largest absolute Gasteiger partial charge is 0.344 e. The maximum atomic E-state index is 11.6. The molecule has 18 heavy (non-hydrogen) atoms. The molecule has 5 nitrogen and oxygen atoms in total. The van der Waals surface area contributed by atoms with E-state index in [-0.39, 0.29) is 5.69 Å². The van der Waals surface area contributed by atoms with Gasteiger partial charge in [0.15, 0.2) is 5.16 Å². The van der Waals surface area contributed by atoms with Crippen LogP contribution in [0.4, 0.5) is 0 Å². The summed E-state index contributed by atoms with van der Waals surface area (Å²) in [5.41, 5.74) is -0.0582. The number of hydrogen-bond acceptors (Lipinski definition) is 4. The summed E-state index contributed by atoms with van der Waals surface area (Å²) in [6, 6.07) is 0.923. The van der Waals surface area contributed by atoms with Crippen molar-refractivity contribution in [1.82, 2.24) is 20.1 Å². The summed E-state index contributed by atoms with van der Waals surface area (Å²) in [5.74, 6) is 0.995. The van der Waals surface area contributed by atoms with Crippen LogP contribution in [0, 0.1) is 0 Å². The highest BCUT2D eigenvalue weighted by Gasteiger charge is 2.28. The van der Waals surface area contributed by atoms with E-state index in [4.69, 9.17) is 0 Å². The molecule has 0 bridgehead atoms. The SMILES string of the molecule is CCCNC(C)CCSc1n[nH]c(=O)n1C1CC1. The van der Waals surface area contributed by atoms with E-state index < -0.39 is 0 Å². The lowest BCUT2D eigenvalue weighted by Gasteiger charge is -2.12. The second-order valence-corrected chi connectivity index (χ2v) is 5.97. The van der Waals surface area contributed by atoms with E-state index in [1.54, 1.807) is 11.8 Å². The quantitative estimate of drug-likeness (QED) is 0.707. The number of H-pyrrole nitrogens is 1. The van der Waals surface area contributed by atoms with E-state index in [0.717, 1.165) is 43.1 Å². The van der Waals surface area contributed by atoms with Crippen LogP contribution in [0.25, 0.3) is 0 Å². The van der Waals surface area contributed by atoms with Crippen molar-refractivity contribution in [2.45, 2.75) is 56.8 Å². The Balaban J connectivity index is 1.78. The Hall–Kier alpha value is -0.750. The number of nitrogens with one attached hydrogen (secondary N) is 2. The Kier molecular flexibility index (Phi) is 4.88. The molecule has 1 aliphatic rings. The molecule has 0 spiro atoms. The van der Waals surface area contributed by atoms with Gasteiger partial charge in [-0.05, 0) is 39.2 Å². The first-order valence-electron chi connectivity index (χ1n) is 6.75. The lowest BCUT2D eigenvalue weighted by molar-refractivity contribution is 0.535. The molecule has 2 rings (SSSR count). The van der Waals surface area contributed by atoms with Crippen LogP contribution >= 0.6 is 11.8 Å². The molecule has 0 aliphatic heterocycles. The normalized spacial score (nSPS) is 17.0. The van der Waals surface area contributed by atoms with Gasteiger partial charge in [0, 0.05) is 17.8 Å². The average molecular weight is 270 g/mol. The predicted molar refractivity (Wildman–Crippen MR) is 74.2 cm³/mol. The number of thioether (sulfide) groups is 1. The van der Waals surface area contributed by atoms with Crippen molar-refractivity contribution >= 4 is 11.8 Å². The van der Waals surface area contributed by atoms with Gasteiger partial charge in [-0.15, -0.1) is 5.10 Å². The minimum atomic E-state index is -0.0582. The third kappa shape index (κ3) is 3.62. The third-order valence-electron chi connectivity index (χ3n) is 3.11. The Morgan fingerprint density at radius 2 is 2.39 bits per heavy atom. The van der Waals surface area contributed by atoms with Crippen molar-refractivity contribution in [2.75, 3.05) is 12.3 Å². The molecular weight excluding hydrogens is 248 g/mol. The molecule has 1 aliphatic carbocycles. The highest BCUT2D eigenvalue weighted by Crippen LogP contribution is 2.36. The third-order valence-corrected chi connectivity index (χ3v) is 4.09. The topological polar surface area (TPSA) is 62.7 Å². The van der Waals surface area contributed by atoms with Crippen LogP contribution in [-0.2, 0) is 0 Å². The molecule has 6 heteroatoms. The van der Waals surface area contributed by atoms with Crippen molar-refractivity contribution in [3.8, 4) is 0 Å². The van der Waals surface area contributed by atoms with Gasteiger partial charge in [0.2, 0.25) is 0 Å². The maximum absolute atomic E-state index is 11.6. The Labute approximate surface area is 112 Å². The zero-order valence-corrected chi connectivity index (χ0v) is 11.9. The minimum Gasteiger partial charge on any atom is -0.314 e. The van der Waals surface area contributed by atoms with Gasteiger partial charge in [-0.2, -0.15) is 0 Å². The molecule has 0 amide bonds. The monoisotopic (exact) mass is 270 g/mol. The molecule has 1 atom stereocenters. The van der Waals surface area contributed by atoms with E-state index >= 15 is 0 Å². The van der Waals surface area contributed by atoms with Crippen LogP contribution in [0.2, 0.25) is 0 Å². The summed E-state index contributed by atoms with van der Waals surface area (Å²) in [4.78, 5) is 11.6. The number of aromatic amines is 1. The predicted octanol–water partition coefficient (Wildman–Crippen LogP) is 1.78. The van der Waals surface area contributed by atoms with Crippen molar-refractivity contribution in [3.05, 3.63) is 10.5 Å². The summed E-state index contributed by atoms with van der Waals surface area (Å²) in [6.07, 6.45) is 4.48. The molecule has 0 radical (unpaired) electrons. The molecule has 0 aromatic carbocycles. The maximum Gasteiger partial charge on any atom is 0.344 e.